The number of primary sulfonamides is 1. The van der Waals surface area contributed by atoms with Crippen LogP contribution in [-0.4, -0.2) is 53.9 Å². The standard InChI is InChI=1S/C24H30FN5O3S/c1-2-13-33-19-9-6-12-29(16-19)17-23-27-24(14-18-7-4-3-5-8-18)30(28-23)22-11-10-20(15-21(22)25)34(26,31)32/h3-5,7-8,10-11,15,19H,2,6,9,12-14,16-17H2,1H3,(H2,26,31,32). The van der Waals surface area contributed by atoms with Crippen LogP contribution in [0.5, 0.6) is 0 Å². The lowest BCUT2D eigenvalue weighted by Gasteiger charge is -2.31. The molecule has 0 bridgehead atoms. The van der Waals surface area contributed by atoms with Crippen LogP contribution in [0.25, 0.3) is 5.69 Å². The average Bonchev–Trinajstić information content (AvgIpc) is 3.19. The number of ether oxygens (including phenoxy) is 1. The van der Waals surface area contributed by atoms with E-state index in [1.807, 2.05) is 30.3 Å². The summed E-state index contributed by atoms with van der Waals surface area (Å²) < 4.78 is 45.6. The first-order valence-electron chi connectivity index (χ1n) is 11.5. The molecule has 1 fully saturated rings. The van der Waals surface area contributed by atoms with Crippen molar-refractivity contribution in [2.24, 2.45) is 5.14 Å². The summed E-state index contributed by atoms with van der Waals surface area (Å²) in [4.78, 5) is 6.71. The first-order valence-corrected chi connectivity index (χ1v) is 13.0. The van der Waals surface area contributed by atoms with Crippen molar-refractivity contribution in [3.63, 3.8) is 0 Å². The summed E-state index contributed by atoms with van der Waals surface area (Å²) in [6.45, 7) is 5.10. The number of halogens is 1. The van der Waals surface area contributed by atoms with Gasteiger partial charge in [0.25, 0.3) is 0 Å². The summed E-state index contributed by atoms with van der Waals surface area (Å²) in [7, 11) is -4.01. The van der Waals surface area contributed by atoms with Crippen LogP contribution in [0.4, 0.5) is 4.39 Å². The fourth-order valence-electron chi connectivity index (χ4n) is 4.16. The van der Waals surface area contributed by atoms with Gasteiger partial charge in [0, 0.05) is 19.6 Å². The third-order valence-corrected chi connectivity index (χ3v) is 6.69. The molecule has 10 heteroatoms. The number of hydrogen-bond donors (Lipinski definition) is 1. The predicted octanol–water partition coefficient (Wildman–Crippen LogP) is 3.04. The molecule has 0 amide bonds. The van der Waals surface area contributed by atoms with E-state index in [9.17, 15) is 12.8 Å². The van der Waals surface area contributed by atoms with Crippen LogP contribution >= 0.6 is 0 Å². The SMILES string of the molecule is CCCOC1CCCN(Cc2nc(Cc3ccccc3)n(-c3ccc(S(N)(=O)=O)cc3F)n2)C1. The Bertz CT molecular complexity index is 1220. The Hall–Kier alpha value is -2.66. The molecule has 8 nitrogen and oxygen atoms in total. The normalized spacial score (nSPS) is 17.2. The summed E-state index contributed by atoms with van der Waals surface area (Å²) in [5.74, 6) is 0.416. The van der Waals surface area contributed by atoms with E-state index < -0.39 is 15.8 Å². The minimum atomic E-state index is -4.01. The van der Waals surface area contributed by atoms with Crippen molar-refractivity contribution in [3.8, 4) is 5.69 Å². The molecule has 0 saturated carbocycles. The van der Waals surface area contributed by atoms with Gasteiger partial charge in [-0.3, -0.25) is 4.90 Å². The molecule has 4 rings (SSSR count). The first kappa shape index (κ1) is 24.5. The number of piperidine rings is 1. The van der Waals surface area contributed by atoms with Crippen molar-refractivity contribution in [1.29, 1.82) is 0 Å². The number of sulfonamides is 1. The van der Waals surface area contributed by atoms with Gasteiger partial charge in [-0.2, -0.15) is 0 Å². The molecule has 2 N–H and O–H groups in total. The first-order chi connectivity index (χ1) is 16.3. The summed E-state index contributed by atoms with van der Waals surface area (Å²) in [6, 6.07) is 13.3. The van der Waals surface area contributed by atoms with Crippen molar-refractivity contribution >= 4 is 10.0 Å². The Kier molecular flexibility index (Phi) is 7.72. The third-order valence-electron chi connectivity index (χ3n) is 5.78. The highest BCUT2D eigenvalue weighted by atomic mass is 32.2. The smallest absolute Gasteiger partial charge is 0.238 e. The Morgan fingerprint density at radius 2 is 2.00 bits per heavy atom. The van der Waals surface area contributed by atoms with E-state index >= 15 is 0 Å². The van der Waals surface area contributed by atoms with E-state index in [1.165, 1.54) is 16.8 Å². The predicted molar refractivity (Wildman–Crippen MR) is 126 cm³/mol. The van der Waals surface area contributed by atoms with Gasteiger partial charge < -0.3 is 4.74 Å². The Morgan fingerprint density at radius 1 is 1.21 bits per heavy atom. The largest absolute Gasteiger partial charge is 0.377 e. The van der Waals surface area contributed by atoms with Gasteiger partial charge in [0.2, 0.25) is 10.0 Å². The van der Waals surface area contributed by atoms with E-state index in [0.717, 1.165) is 50.6 Å². The lowest BCUT2D eigenvalue weighted by atomic mass is 10.1. The van der Waals surface area contributed by atoms with Gasteiger partial charge in [-0.05, 0) is 49.6 Å². The zero-order valence-corrected chi connectivity index (χ0v) is 20.0. The van der Waals surface area contributed by atoms with Crippen LogP contribution in [0.1, 0.15) is 43.4 Å². The van der Waals surface area contributed by atoms with Gasteiger partial charge in [-0.1, -0.05) is 37.3 Å². The highest BCUT2D eigenvalue weighted by Gasteiger charge is 2.23. The van der Waals surface area contributed by atoms with Crippen LogP contribution < -0.4 is 5.14 Å². The average molecular weight is 488 g/mol. The van der Waals surface area contributed by atoms with Gasteiger partial charge in [0.1, 0.15) is 17.3 Å². The minimum absolute atomic E-state index is 0.125. The number of likely N-dealkylation sites (tertiary alicyclic amines) is 1. The maximum Gasteiger partial charge on any atom is 0.238 e. The molecule has 1 aliphatic heterocycles. The second-order valence-corrected chi connectivity index (χ2v) is 10.1. The number of benzene rings is 2. The van der Waals surface area contributed by atoms with Crippen molar-refractivity contribution in [2.75, 3.05) is 19.7 Å². The van der Waals surface area contributed by atoms with Gasteiger partial charge >= 0.3 is 0 Å². The highest BCUT2D eigenvalue weighted by molar-refractivity contribution is 7.89. The molecule has 1 saturated heterocycles. The van der Waals surface area contributed by atoms with E-state index in [4.69, 9.17) is 14.9 Å². The molecule has 182 valence electrons. The molecule has 2 aromatic carbocycles. The van der Waals surface area contributed by atoms with Crippen molar-refractivity contribution in [2.45, 2.75) is 50.2 Å². The summed E-state index contributed by atoms with van der Waals surface area (Å²) in [5, 5.41) is 9.76. The molecule has 1 atom stereocenters. The Morgan fingerprint density at radius 3 is 2.71 bits per heavy atom. The number of nitrogens with two attached hydrogens (primary N) is 1. The molecule has 0 aliphatic carbocycles. The van der Waals surface area contributed by atoms with Crippen LogP contribution in [0.15, 0.2) is 53.4 Å². The van der Waals surface area contributed by atoms with E-state index in [2.05, 4.69) is 16.9 Å². The third kappa shape index (κ3) is 6.06. The van der Waals surface area contributed by atoms with Gasteiger partial charge in [0.05, 0.1) is 17.5 Å². The number of aromatic nitrogens is 3. The van der Waals surface area contributed by atoms with Crippen LogP contribution in [0.2, 0.25) is 0 Å². The van der Waals surface area contributed by atoms with Gasteiger partial charge in [-0.15, -0.1) is 5.10 Å². The second-order valence-electron chi connectivity index (χ2n) is 8.55. The zero-order chi connectivity index (χ0) is 24.1. The molecule has 0 spiro atoms. The van der Waals surface area contributed by atoms with Crippen LogP contribution in [0, 0.1) is 5.82 Å². The molecule has 0 radical (unpaired) electrons. The number of hydrogen-bond acceptors (Lipinski definition) is 6. The highest BCUT2D eigenvalue weighted by Crippen LogP contribution is 2.21. The topological polar surface area (TPSA) is 103 Å². The molecule has 3 aromatic rings. The minimum Gasteiger partial charge on any atom is -0.377 e. The molecular weight excluding hydrogens is 457 g/mol. The van der Waals surface area contributed by atoms with Crippen LogP contribution in [-0.2, 0) is 27.7 Å². The maximum absolute atomic E-state index is 15.0. The number of rotatable bonds is 9. The quantitative estimate of drug-likeness (QED) is 0.498. The lowest BCUT2D eigenvalue weighted by Crippen LogP contribution is -2.39. The molecule has 2 heterocycles. The summed E-state index contributed by atoms with van der Waals surface area (Å²) in [5.41, 5.74) is 1.13. The monoisotopic (exact) mass is 487 g/mol. The van der Waals surface area contributed by atoms with Crippen LogP contribution in [0.3, 0.4) is 0 Å². The number of nitrogens with zero attached hydrogens (tertiary/aromatic N) is 4. The Balaban J connectivity index is 1.63. The van der Waals surface area contributed by atoms with Crippen molar-refractivity contribution < 1.29 is 17.5 Å². The fraction of sp³-hybridized carbons (Fsp3) is 0.417. The second kappa shape index (κ2) is 10.7. The van der Waals surface area contributed by atoms with E-state index in [-0.39, 0.29) is 16.7 Å². The van der Waals surface area contributed by atoms with E-state index in [0.29, 0.717) is 24.6 Å². The molecule has 1 unspecified atom stereocenters. The zero-order valence-electron chi connectivity index (χ0n) is 19.2. The molecule has 1 aromatic heterocycles. The molecular formula is C24H30FN5O3S. The Labute approximate surface area is 199 Å². The fourth-order valence-corrected chi connectivity index (χ4v) is 4.68. The summed E-state index contributed by atoms with van der Waals surface area (Å²) >= 11 is 0. The summed E-state index contributed by atoms with van der Waals surface area (Å²) in [6.07, 6.45) is 3.71. The van der Waals surface area contributed by atoms with E-state index in [1.54, 1.807) is 0 Å². The molecule has 34 heavy (non-hydrogen) atoms. The van der Waals surface area contributed by atoms with Crippen molar-refractivity contribution in [3.05, 3.63) is 71.6 Å². The van der Waals surface area contributed by atoms with Gasteiger partial charge in [0.15, 0.2) is 5.82 Å². The van der Waals surface area contributed by atoms with Crippen molar-refractivity contribution in [1.82, 2.24) is 19.7 Å². The maximum atomic E-state index is 15.0. The lowest BCUT2D eigenvalue weighted by molar-refractivity contribution is -0.00284. The molecule has 1 aliphatic rings. The van der Waals surface area contributed by atoms with Gasteiger partial charge in [-0.25, -0.2) is 27.6 Å².